The number of benzene rings is 4. The lowest BCUT2D eigenvalue weighted by molar-refractivity contribution is -0.140. The van der Waals surface area contributed by atoms with E-state index in [9.17, 15) is 18.0 Å². The summed E-state index contributed by atoms with van der Waals surface area (Å²) in [6.45, 7) is 5.25. The van der Waals surface area contributed by atoms with E-state index in [2.05, 4.69) is 21.2 Å². The van der Waals surface area contributed by atoms with Gasteiger partial charge in [-0.3, -0.25) is 13.9 Å². The maximum absolute atomic E-state index is 14.6. The molecule has 4 rings (SSSR count). The number of nitrogens with zero attached hydrogens (tertiary/aromatic N) is 2. The van der Waals surface area contributed by atoms with Gasteiger partial charge in [-0.05, 0) is 79.4 Å². The van der Waals surface area contributed by atoms with Gasteiger partial charge in [-0.15, -0.1) is 0 Å². The SMILES string of the molecule is CC[C@H](C)NC(=O)[C@@H](Cc1ccccc1)N(Cc1cccc(Br)c1)C(=O)CN(c1ccccc1C)S(=O)(=O)c1ccc(Cl)cc1. The molecule has 2 amide bonds. The number of sulfonamides is 1. The Bertz CT molecular complexity index is 1720. The Kier molecular flexibility index (Phi) is 11.8. The van der Waals surface area contributed by atoms with Crippen LogP contribution in [0.3, 0.4) is 0 Å². The standard InChI is InChI=1S/C35H37BrClN3O4S/c1-4-26(3)38-35(42)33(22-27-12-6-5-7-13-27)39(23-28-14-10-15-29(36)21-28)34(41)24-40(32-16-9-8-11-25(32)2)45(43,44)31-19-17-30(37)18-20-31/h5-21,26,33H,4,22-24H2,1-3H3,(H,38,42)/t26-,33+/m0/s1. The van der Waals surface area contributed by atoms with Crippen LogP contribution in [0.15, 0.2) is 112 Å². The van der Waals surface area contributed by atoms with E-state index in [0.717, 1.165) is 19.9 Å². The van der Waals surface area contributed by atoms with E-state index < -0.39 is 28.5 Å². The minimum Gasteiger partial charge on any atom is -0.352 e. The Labute approximate surface area is 279 Å². The van der Waals surface area contributed by atoms with Crippen molar-refractivity contribution in [1.82, 2.24) is 10.2 Å². The fraction of sp³-hybridized carbons (Fsp3) is 0.257. The molecule has 4 aromatic rings. The number of carbonyl (C=O) groups is 2. The molecule has 0 aliphatic rings. The molecule has 0 aliphatic carbocycles. The summed E-state index contributed by atoms with van der Waals surface area (Å²) in [6.07, 6.45) is 0.959. The van der Waals surface area contributed by atoms with Crippen molar-refractivity contribution in [2.24, 2.45) is 0 Å². The average molecular weight is 711 g/mol. The summed E-state index contributed by atoms with van der Waals surface area (Å²) < 4.78 is 30.3. The highest BCUT2D eigenvalue weighted by atomic mass is 79.9. The zero-order chi connectivity index (χ0) is 32.6. The molecule has 2 atom stereocenters. The van der Waals surface area contributed by atoms with Crippen LogP contribution >= 0.6 is 27.5 Å². The Morgan fingerprint density at radius 2 is 1.53 bits per heavy atom. The number of hydrogen-bond donors (Lipinski definition) is 1. The van der Waals surface area contributed by atoms with Crippen LogP contribution in [0.25, 0.3) is 0 Å². The number of hydrogen-bond acceptors (Lipinski definition) is 4. The Balaban J connectivity index is 1.82. The molecule has 0 bridgehead atoms. The van der Waals surface area contributed by atoms with E-state index in [1.807, 2.05) is 74.5 Å². The number of anilines is 1. The van der Waals surface area contributed by atoms with Gasteiger partial charge in [0.25, 0.3) is 10.0 Å². The predicted molar refractivity (Wildman–Crippen MR) is 184 cm³/mol. The molecule has 236 valence electrons. The van der Waals surface area contributed by atoms with Gasteiger partial charge in [0.1, 0.15) is 12.6 Å². The zero-order valence-corrected chi connectivity index (χ0v) is 28.6. The van der Waals surface area contributed by atoms with Gasteiger partial charge in [0, 0.05) is 28.5 Å². The number of rotatable bonds is 13. The first kappa shape index (κ1) is 34.2. The number of para-hydroxylation sites is 1. The van der Waals surface area contributed by atoms with Gasteiger partial charge in [0.15, 0.2) is 0 Å². The van der Waals surface area contributed by atoms with E-state index in [0.29, 0.717) is 22.7 Å². The number of nitrogens with one attached hydrogen (secondary N) is 1. The molecule has 45 heavy (non-hydrogen) atoms. The summed E-state index contributed by atoms with van der Waals surface area (Å²) in [5.41, 5.74) is 2.71. The Morgan fingerprint density at radius 3 is 2.18 bits per heavy atom. The first-order chi connectivity index (χ1) is 21.5. The third-order valence-electron chi connectivity index (χ3n) is 7.58. The summed E-state index contributed by atoms with van der Waals surface area (Å²) in [4.78, 5) is 30.0. The Morgan fingerprint density at radius 1 is 0.889 bits per heavy atom. The van der Waals surface area contributed by atoms with Gasteiger partial charge >= 0.3 is 0 Å². The van der Waals surface area contributed by atoms with Crippen molar-refractivity contribution in [2.75, 3.05) is 10.8 Å². The number of aryl methyl sites for hydroxylation is 1. The lowest BCUT2D eigenvalue weighted by Gasteiger charge is -2.34. The first-order valence-corrected chi connectivity index (χ1v) is 17.3. The number of carbonyl (C=O) groups excluding carboxylic acids is 2. The van der Waals surface area contributed by atoms with Gasteiger partial charge in [-0.1, -0.05) is 95.1 Å². The summed E-state index contributed by atoms with van der Waals surface area (Å²) in [7, 11) is -4.21. The van der Waals surface area contributed by atoms with E-state index in [4.69, 9.17) is 11.6 Å². The lowest BCUT2D eigenvalue weighted by Crippen LogP contribution is -2.54. The quantitative estimate of drug-likeness (QED) is 0.160. The van der Waals surface area contributed by atoms with Crippen LogP contribution in [-0.2, 0) is 32.6 Å². The fourth-order valence-electron chi connectivity index (χ4n) is 4.92. The van der Waals surface area contributed by atoms with Crippen molar-refractivity contribution in [3.8, 4) is 0 Å². The Hall–Kier alpha value is -3.66. The lowest BCUT2D eigenvalue weighted by atomic mass is 10.0. The molecule has 10 heteroatoms. The maximum atomic E-state index is 14.6. The summed E-state index contributed by atoms with van der Waals surface area (Å²) in [5, 5.41) is 3.44. The summed E-state index contributed by atoms with van der Waals surface area (Å²) in [5.74, 6) is -0.824. The first-order valence-electron chi connectivity index (χ1n) is 14.7. The van der Waals surface area contributed by atoms with Gasteiger partial charge in [0.05, 0.1) is 10.6 Å². The van der Waals surface area contributed by atoms with Crippen LogP contribution in [0.1, 0.15) is 37.0 Å². The van der Waals surface area contributed by atoms with Crippen molar-refractivity contribution < 1.29 is 18.0 Å². The van der Waals surface area contributed by atoms with Crippen LogP contribution < -0.4 is 9.62 Å². The molecule has 0 spiro atoms. The second-order valence-electron chi connectivity index (χ2n) is 10.9. The molecular formula is C35H37BrClN3O4S. The number of halogens is 2. The minimum atomic E-state index is -4.21. The molecular weight excluding hydrogens is 674 g/mol. The van der Waals surface area contributed by atoms with Crippen molar-refractivity contribution in [2.45, 2.75) is 57.1 Å². The van der Waals surface area contributed by atoms with Gasteiger partial charge < -0.3 is 10.2 Å². The molecule has 0 fully saturated rings. The molecule has 0 saturated heterocycles. The third kappa shape index (κ3) is 8.96. The molecule has 0 saturated carbocycles. The van der Waals surface area contributed by atoms with Crippen LogP contribution in [0.4, 0.5) is 5.69 Å². The van der Waals surface area contributed by atoms with E-state index in [-0.39, 0.29) is 29.8 Å². The van der Waals surface area contributed by atoms with Gasteiger partial charge in [-0.25, -0.2) is 8.42 Å². The van der Waals surface area contributed by atoms with Crippen molar-refractivity contribution in [1.29, 1.82) is 0 Å². The van der Waals surface area contributed by atoms with Crippen LogP contribution in [0.2, 0.25) is 5.02 Å². The maximum Gasteiger partial charge on any atom is 0.264 e. The highest BCUT2D eigenvalue weighted by molar-refractivity contribution is 9.10. The van der Waals surface area contributed by atoms with Crippen molar-refractivity contribution in [3.63, 3.8) is 0 Å². The zero-order valence-electron chi connectivity index (χ0n) is 25.5. The molecule has 0 radical (unpaired) electrons. The van der Waals surface area contributed by atoms with Gasteiger partial charge in [-0.2, -0.15) is 0 Å². The second kappa shape index (κ2) is 15.6. The largest absolute Gasteiger partial charge is 0.352 e. The van der Waals surface area contributed by atoms with Crippen molar-refractivity contribution in [3.05, 3.63) is 129 Å². The molecule has 0 aliphatic heterocycles. The molecule has 0 heterocycles. The van der Waals surface area contributed by atoms with Crippen LogP contribution in [0, 0.1) is 6.92 Å². The van der Waals surface area contributed by atoms with Gasteiger partial charge in [0.2, 0.25) is 11.8 Å². The van der Waals surface area contributed by atoms with E-state index in [1.165, 1.54) is 29.2 Å². The second-order valence-corrected chi connectivity index (χ2v) is 14.1. The molecule has 0 aromatic heterocycles. The minimum absolute atomic E-state index is 0.00292. The van der Waals surface area contributed by atoms with Crippen LogP contribution in [-0.4, -0.2) is 43.8 Å². The van der Waals surface area contributed by atoms with E-state index in [1.54, 1.807) is 25.1 Å². The monoisotopic (exact) mass is 709 g/mol. The third-order valence-corrected chi connectivity index (χ3v) is 10.1. The number of amides is 2. The topological polar surface area (TPSA) is 86.8 Å². The highest BCUT2D eigenvalue weighted by Gasteiger charge is 2.35. The average Bonchev–Trinajstić information content (AvgIpc) is 3.02. The molecule has 7 nitrogen and oxygen atoms in total. The highest BCUT2D eigenvalue weighted by Crippen LogP contribution is 2.28. The fourth-order valence-corrected chi connectivity index (χ4v) is 6.97. The normalized spacial score (nSPS) is 12.6. The molecule has 4 aromatic carbocycles. The summed E-state index contributed by atoms with van der Waals surface area (Å²) >= 11 is 9.57. The van der Waals surface area contributed by atoms with Crippen molar-refractivity contribution >= 4 is 55.1 Å². The van der Waals surface area contributed by atoms with E-state index >= 15 is 0 Å². The van der Waals surface area contributed by atoms with Crippen LogP contribution in [0.5, 0.6) is 0 Å². The molecule has 1 N–H and O–H groups in total. The molecule has 0 unspecified atom stereocenters. The smallest absolute Gasteiger partial charge is 0.264 e. The summed E-state index contributed by atoms with van der Waals surface area (Å²) in [6, 6.07) is 28.8. The predicted octanol–water partition coefficient (Wildman–Crippen LogP) is 7.16.